The van der Waals surface area contributed by atoms with Gasteiger partial charge in [-0.3, -0.25) is 0 Å². The van der Waals surface area contributed by atoms with Crippen molar-refractivity contribution in [1.29, 1.82) is 0 Å². The van der Waals surface area contributed by atoms with Crippen LogP contribution in [0.3, 0.4) is 0 Å². The zero-order valence-electron chi connectivity index (χ0n) is 7.84. The predicted molar refractivity (Wildman–Crippen MR) is 55.5 cm³/mol. The van der Waals surface area contributed by atoms with Crippen LogP contribution < -0.4 is 5.73 Å². The fraction of sp³-hybridized carbons (Fsp3) is 0.375. The standard InChI is InChI=1S/C8H12N4OS/c1-6-4-10-8(11-5-6)14-3-2-7(9)12-13/h4-5,13H,2-3H2,1H3,(H2,9,12). The number of aryl methyl sites for hydroxylation is 1. The minimum Gasteiger partial charge on any atom is -0.409 e. The summed E-state index contributed by atoms with van der Waals surface area (Å²) in [7, 11) is 0. The second-order valence-corrected chi connectivity index (χ2v) is 3.79. The molecule has 0 amide bonds. The number of thioether (sulfide) groups is 1. The summed E-state index contributed by atoms with van der Waals surface area (Å²) in [5.74, 6) is 0.934. The van der Waals surface area contributed by atoms with Gasteiger partial charge in [0.05, 0.1) is 0 Å². The van der Waals surface area contributed by atoms with Crippen molar-refractivity contribution >= 4 is 17.6 Å². The van der Waals surface area contributed by atoms with E-state index in [9.17, 15) is 0 Å². The van der Waals surface area contributed by atoms with E-state index in [0.717, 1.165) is 5.56 Å². The molecule has 0 aromatic carbocycles. The van der Waals surface area contributed by atoms with E-state index < -0.39 is 0 Å². The lowest BCUT2D eigenvalue weighted by atomic mass is 10.4. The van der Waals surface area contributed by atoms with Crippen molar-refractivity contribution in [2.45, 2.75) is 18.5 Å². The van der Waals surface area contributed by atoms with Crippen LogP contribution in [0.2, 0.25) is 0 Å². The van der Waals surface area contributed by atoms with Gasteiger partial charge in [0.25, 0.3) is 0 Å². The van der Waals surface area contributed by atoms with Crippen LogP contribution in [0.25, 0.3) is 0 Å². The highest BCUT2D eigenvalue weighted by Gasteiger charge is 1.98. The molecule has 0 spiro atoms. The fourth-order valence-corrected chi connectivity index (χ4v) is 1.50. The van der Waals surface area contributed by atoms with Crippen LogP contribution in [0.15, 0.2) is 22.7 Å². The van der Waals surface area contributed by atoms with Gasteiger partial charge >= 0.3 is 0 Å². The molecule has 3 N–H and O–H groups in total. The van der Waals surface area contributed by atoms with Gasteiger partial charge in [0.2, 0.25) is 0 Å². The van der Waals surface area contributed by atoms with Crippen molar-refractivity contribution in [1.82, 2.24) is 9.97 Å². The van der Waals surface area contributed by atoms with Crippen LogP contribution >= 0.6 is 11.8 Å². The molecule has 1 aromatic rings. The Morgan fingerprint density at radius 2 is 2.21 bits per heavy atom. The molecule has 0 aliphatic heterocycles. The molecule has 1 heterocycles. The maximum absolute atomic E-state index is 8.29. The van der Waals surface area contributed by atoms with Gasteiger partial charge in [-0.05, 0) is 12.5 Å². The highest BCUT2D eigenvalue weighted by Crippen LogP contribution is 2.12. The Morgan fingerprint density at radius 3 is 2.79 bits per heavy atom. The quantitative estimate of drug-likeness (QED) is 0.194. The average molecular weight is 212 g/mol. The zero-order chi connectivity index (χ0) is 10.4. The molecule has 0 radical (unpaired) electrons. The van der Waals surface area contributed by atoms with Crippen LogP contribution in [0, 0.1) is 6.92 Å². The van der Waals surface area contributed by atoms with E-state index in [-0.39, 0.29) is 5.84 Å². The van der Waals surface area contributed by atoms with Crippen LogP contribution in [0.1, 0.15) is 12.0 Å². The Morgan fingerprint density at radius 1 is 1.57 bits per heavy atom. The molecule has 0 fully saturated rings. The molecular formula is C8H12N4OS. The molecule has 76 valence electrons. The summed E-state index contributed by atoms with van der Waals surface area (Å²) in [6.07, 6.45) is 4.05. The van der Waals surface area contributed by atoms with E-state index in [4.69, 9.17) is 10.9 Å². The van der Waals surface area contributed by atoms with Gasteiger partial charge in [0.15, 0.2) is 5.16 Å². The minimum absolute atomic E-state index is 0.226. The summed E-state index contributed by atoms with van der Waals surface area (Å²) in [6.45, 7) is 1.94. The summed E-state index contributed by atoms with van der Waals surface area (Å²) in [5, 5.41) is 11.9. The monoisotopic (exact) mass is 212 g/mol. The summed E-state index contributed by atoms with van der Waals surface area (Å²) in [6, 6.07) is 0. The third-order valence-electron chi connectivity index (χ3n) is 1.48. The van der Waals surface area contributed by atoms with Crippen molar-refractivity contribution in [3.05, 3.63) is 18.0 Å². The van der Waals surface area contributed by atoms with Crippen LogP contribution in [0.4, 0.5) is 0 Å². The second kappa shape index (κ2) is 5.43. The molecule has 0 saturated heterocycles. The zero-order valence-corrected chi connectivity index (χ0v) is 8.66. The first-order valence-electron chi connectivity index (χ1n) is 4.10. The summed E-state index contributed by atoms with van der Waals surface area (Å²) in [5.41, 5.74) is 6.34. The lowest BCUT2D eigenvalue weighted by molar-refractivity contribution is 0.317. The van der Waals surface area contributed by atoms with Gasteiger partial charge in [-0.25, -0.2) is 9.97 Å². The molecule has 0 unspecified atom stereocenters. The molecule has 0 bridgehead atoms. The van der Waals surface area contributed by atoms with Crippen molar-refractivity contribution in [3.8, 4) is 0 Å². The number of nitrogens with two attached hydrogens (primary N) is 1. The van der Waals surface area contributed by atoms with E-state index >= 15 is 0 Å². The Kier molecular flexibility index (Phi) is 4.18. The lowest BCUT2D eigenvalue weighted by Gasteiger charge is -1.99. The second-order valence-electron chi connectivity index (χ2n) is 2.73. The van der Waals surface area contributed by atoms with Crippen LogP contribution in [-0.4, -0.2) is 26.8 Å². The Balaban J connectivity index is 2.35. The van der Waals surface area contributed by atoms with Crippen molar-refractivity contribution in [2.75, 3.05) is 5.75 Å². The molecule has 0 saturated carbocycles. The molecule has 6 heteroatoms. The predicted octanol–water partition coefficient (Wildman–Crippen LogP) is 1.01. The third kappa shape index (κ3) is 3.61. The maximum atomic E-state index is 8.29. The van der Waals surface area contributed by atoms with E-state index in [1.54, 1.807) is 12.4 Å². The molecule has 1 rings (SSSR count). The smallest absolute Gasteiger partial charge is 0.187 e. The number of aromatic nitrogens is 2. The van der Waals surface area contributed by atoms with Gasteiger partial charge < -0.3 is 10.9 Å². The number of hydrogen-bond donors (Lipinski definition) is 2. The van der Waals surface area contributed by atoms with Crippen LogP contribution in [0.5, 0.6) is 0 Å². The van der Waals surface area contributed by atoms with E-state index in [0.29, 0.717) is 17.3 Å². The van der Waals surface area contributed by atoms with Gasteiger partial charge in [-0.15, -0.1) is 0 Å². The highest BCUT2D eigenvalue weighted by molar-refractivity contribution is 7.99. The first-order chi connectivity index (χ1) is 6.72. The Labute approximate surface area is 86.4 Å². The van der Waals surface area contributed by atoms with Crippen molar-refractivity contribution < 1.29 is 5.21 Å². The summed E-state index contributed by atoms with van der Waals surface area (Å²) < 4.78 is 0. The highest BCUT2D eigenvalue weighted by atomic mass is 32.2. The first-order valence-corrected chi connectivity index (χ1v) is 5.09. The number of hydrogen-bond acceptors (Lipinski definition) is 5. The third-order valence-corrected chi connectivity index (χ3v) is 2.35. The molecule has 0 atom stereocenters. The molecule has 0 aliphatic carbocycles. The normalized spacial score (nSPS) is 11.6. The fourth-order valence-electron chi connectivity index (χ4n) is 0.752. The number of amidine groups is 1. The minimum atomic E-state index is 0.226. The first kappa shape index (κ1) is 10.8. The van der Waals surface area contributed by atoms with Gasteiger partial charge in [-0.1, -0.05) is 16.9 Å². The Bertz CT molecular complexity index is 312. The number of oxime groups is 1. The number of nitrogens with zero attached hydrogens (tertiary/aromatic N) is 3. The maximum Gasteiger partial charge on any atom is 0.187 e. The summed E-state index contributed by atoms with van der Waals surface area (Å²) >= 11 is 1.48. The van der Waals surface area contributed by atoms with Gasteiger partial charge in [0.1, 0.15) is 5.84 Å². The van der Waals surface area contributed by atoms with Crippen LogP contribution in [-0.2, 0) is 0 Å². The van der Waals surface area contributed by atoms with Crippen molar-refractivity contribution in [3.63, 3.8) is 0 Å². The molecule has 14 heavy (non-hydrogen) atoms. The largest absolute Gasteiger partial charge is 0.409 e. The average Bonchev–Trinajstić information content (AvgIpc) is 2.21. The van der Waals surface area contributed by atoms with Gasteiger partial charge in [0, 0.05) is 24.6 Å². The van der Waals surface area contributed by atoms with Crippen molar-refractivity contribution in [2.24, 2.45) is 10.9 Å². The molecule has 0 aliphatic rings. The number of rotatable bonds is 4. The molecular weight excluding hydrogens is 200 g/mol. The van der Waals surface area contributed by atoms with Gasteiger partial charge in [-0.2, -0.15) is 0 Å². The summed E-state index contributed by atoms with van der Waals surface area (Å²) in [4.78, 5) is 8.22. The lowest BCUT2D eigenvalue weighted by Crippen LogP contribution is -2.12. The molecule has 5 nitrogen and oxygen atoms in total. The Hall–Kier alpha value is -1.30. The SMILES string of the molecule is Cc1cnc(SCC/C(N)=N/O)nc1. The van der Waals surface area contributed by atoms with E-state index in [1.165, 1.54) is 11.8 Å². The molecule has 1 aromatic heterocycles. The topological polar surface area (TPSA) is 84.4 Å². The van der Waals surface area contributed by atoms with E-state index in [2.05, 4.69) is 15.1 Å². The van der Waals surface area contributed by atoms with E-state index in [1.807, 2.05) is 6.92 Å².